The fourth-order valence-corrected chi connectivity index (χ4v) is 0.769. The molecule has 0 aromatic heterocycles. The van der Waals surface area contributed by atoms with E-state index in [0.29, 0.717) is 6.07 Å². The molecule has 0 saturated carbocycles. The lowest BCUT2D eigenvalue weighted by atomic mass is 10.3. The Hall–Kier alpha value is -1.98. The predicted molar refractivity (Wildman–Crippen MR) is 42.6 cm³/mol. The lowest BCUT2D eigenvalue weighted by Crippen LogP contribution is -2.22. The van der Waals surface area contributed by atoms with E-state index in [2.05, 4.69) is 0 Å². The fraction of sp³-hybridized carbons (Fsp3) is 0. The Morgan fingerprint density at radius 2 is 1.93 bits per heavy atom. The molecule has 1 aromatic carbocycles. The molecule has 0 aliphatic carbocycles. The predicted octanol–water partition coefficient (Wildman–Crippen LogP) is 0.988. The molecular formula is C8H5F2NO3. The molecule has 74 valence electrons. The summed E-state index contributed by atoms with van der Waals surface area (Å²) < 4.78 is 25.4. The molecule has 0 spiro atoms. The Labute approximate surface area is 77.2 Å². The van der Waals surface area contributed by atoms with Gasteiger partial charge in [0.25, 0.3) is 0 Å². The highest BCUT2D eigenvalue weighted by atomic mass is 19.1. The SMILES string of the molecule is O=C(O)C(=O)Nc1cc(F)ccc1F. The van der Waals surface area contributed by atoms with E-state index >= 15 is 0 Å². The Kier molecular flexibility index (Phi) is 2.76. The Morgan fingerprint density at radius 1 is 1.29 bits per heavy atom. The molecule has 0 atom stereocenters. The van der Waals surface area contributed by atoms with Crippen molar-refractivity contribution in [1.82, 2.24) is 0 Å². The summed E-state index contributed by atoms with van der Waals surface area (Å²) >= 11 is 0. The number of amides is 1. The minimum atomic E-state index is -1.77. The van der Waals surface area contributed by atoms with Gasteiger partial charge in [0.1, 0.15) is 11.6 Å². The molecule has 2 N–H and O–H groups in total. The number of hydrogen-bond acceptors (Lipinski definition) is 2. The maximum absolute atomic E-state index is 12.8. The maximum atomic E-state index is 12.8. The summed E-state index contributed by atoms with van der Waals surface area (Å²) in [5, 5.41) is 9.87. The number of carboxylic acid groups (broad SMARTS) is 1. The zero-order valence-electron chi connectivity index (χ0n) is 6.75. The van der Waals surface area contributed by atoms with Gasteiger partial charge in [0.2, 0.25) is 0 Å². The second-order valence-electron chi connectivity index (χ2n) is 2.38. The van der Waals surface area contributed by atoms with Gasteiger partial charge in [0.15, 0.2) is 0 Å². The Bertz CT molecular complexity index is 392. The van der Waals surface area contributed by atoms with E-state index in [4.69, 9.17) is 5.11 Å². The third-order valence-electron chi connectivity index (χ3n) is 1.37. The van der Waals surface area contributed by atoms with Gasteiger partial charge in [-0.2, -0.15) is 0 Å². The van der Waals surface area contributed by atoms with Crippen molar-refractivity contribution in [3.05, 3.63) is 29.8 Å². The van der Waals surface area contributed by atoms with E-state index < -0.39 is 29.2 Å². The van der Waals surface area contributed by atoms with Gasteiger partial charge in [-0.1, -0.05) is 0 Å². The zero-order valence-corrected chi connectivity index (χ0v) is 6.75. The van der Waals surface area contributed by atoms with Crippen molar-refractivity contribution >= 4 is 17.6 Å². The summed E-state index contributed by atoms with van der Waals surface area (Å²) in [5.74, 6) is -4.86. The van der Waals surface area contributed by atoms with Crippen LogP contribution in [-0.4, -0.2) is 17.0 Å². The van der Waals surface area contributed by atoms with Crippen molar-refractivity contribution in [3.8, 4) is 0 Å². The number of carbonyl (C=O) groups is 2. The van der Waals surface area contributed by atoms with E-state index in [9.17, 15) is 18.4 Å². The molecular weight excluding hydrogens is 196 g/mol. The first-order valence-electron chi connectivity index (χ1n) is 3.50. The summed E-state index contributed by atoms with van der Waals surface area (Å²) in [4.78, 5) is 20.6. The van der Waals surface area contributed by atoms with Crippen LogP contribution in [0.5, 0.6) is 0 Å². The van der Waals surface area contributed by atoms with Gasteiger partial charge in [-0.05, 0) is 12.1 Å². The summed E-state index contributed by atoms with van der Waals surface area (Å²) in [5.41, 5.74) is -0.502. The molecule has 1 aromatic rings. The van der Waals surface area contributed by atoms with Crippen molar-refractivity contribution < 1.29 is 23.5 Å². The second-order valence-corrected chi connectivity index (χ2v) is 2.38. The summed E-state index contributed by atoms with van der Waals surface area (Å²) in [7, 11) is 0. The lowest BCUT2D eigenvalue weighted by molar-refractivity contribution is -0.147. The van der Waals surface area contributed by atoms with Gasteiger partial charge < -0.3 is 10.4 Å². The number of aliphatic carboxylic acids is 1. The van der Waals surface area contributed by atoms with Crippen LogP contribution in [0.3, 0.4) is 0 Å². The summed E-state index contributed by atoms with van der Waals surface area (Å²) in [6.07, 6.45) is 0. The maximum Gasteiger partial charge on any atom is 0.394 e. The van der Waals surface area contributed by atoms with E-state index in [1.54, 1.807) is 5.32 Å². The van der Waals surface area contributed by atoms with Crippen molar-refractivity contribution in [1.29, 1.82) is 0 Å². The van der Waals surface area contributed by atoms with Crippen LogP contribution in [0, 0.1) is 11.6 Å². The van der Waals surface area contributed by atoms with E-state index in [1.807, 2.05) is 0 Å². The van der Waals surface area contributed by atoms with Crippen LogP contribution in [0.15, 0.2) is 18.2 Å². The van der Waals surface area contributed by atoms with Gasteiger partial charge in [-0.3, -0.25) is 4.79 Å². The quantitative estimate of drug-likeness (QED) is 0.666. The molecule has 0 saturated heterocycles. The highest BCUT2D eigenvalue weighted by Gasteiger charge is 2.13. The average Bonchev–Trinajstić information content (AvgIpc) is 2.11. The van der Waals surface area contributed by atoms with Crippen molar-refractivity contribution in [2.75, 3.05) is 5.32 Å². The number of nitrogens with one attached hydrogen (secondary N) is 1. The molecule has 14 heavy (non-hydrogen) atoms. The van der Waals surface area contributed by atoms with Crippen LogP contribution in [-0.2, 0) is 9.59 Å². The standard InChI is InChI=1S/C8H5F2NO3/c9-4-1-2-5(10)6(3-4)11-7(12)8(13)14/h1-3H,(H,11,12)(H,13,14). The zero-order chi connectivity index (χ0) is 10.7. The number of hydrogen-bond donors (Lipinski definition) is 2. The molecule has 4 nitrogen and oxygen atoms in total. The van der Waals surface area contributed by atoms with Crippen LogP contribution in [0.2, 0.25) is 0 Å². The van der Waals surface area contributed by atoms with Crippen LogP contribution in [0.1, 0.15) is 0 Å². The minimum Gasteiger partial charge on any atom is -0.474 e. The van der Waals surface area contributed by atoms with Crippen LogP contribution in [0.4, 0.5) is 14.5 Å². The number of anilines is 1. The van der Waals surface area contributed by atoms with E-state index in [-0.39, 0.29) is 0 Å². The molecule has 0 heterocycles. The third-order valence-corrected chi connectivity index (χ3v) is 1.37. The molecule has 0 fully saturated rings. The lowest BCUT2D eigenvalue weighted by Gasteiger charge is -2.02. The van der Waals surface area contributed by atoms with Crippen molar-refractivity contribution in [2.24, 2.45) is 0 Å². The van der Waals surface area contributed by atoms with Crippen LogP contribution in [0.25, 0.3) is 0 Å². The van der Waals surface area contributed by atoms with E-state index in [0.717, 1.165) is 12.1 Å². The average molecular weight is 201 g/mol. The highest BCUT2D eigenvalue weighted by Crippen LogP contribution is 2.14. The van der Waals surface area contributed by atoms with Crippen molar-refractivity contribution in [3.63, 3.8) is 0 Å². The number of rotatable bonds is 1. The first kappa shape index (κ1) is 10.1. The molecule has 0 unspecified atom stereocenters. The molecule has 0 radical (unpaired) electrons. The molecule has 1 rings (SSSR count). The number of carboxylic acids is 1. The first-order chi connectivity index (χ1) is 6.50. The molecule has 1 amide bonds. The molecule has 0 bridgehead atoms. The van der Waals surface area contributed by atoms with Gasteiger partial charge >= 0.3 is 11.9 Å². The van der Waals surface area contributed by atoms with Gasteiger partial charge in [0.05, 0.1) is 5.69 Å². The summed E-state index contributed by atoms with van der Waals surface area (Å²) in [6.45, 7) is 0. The van der Waals surface area contributed by atoms with Crippen molar-refractivity contribution in [2.45, 2.75) is 0 Å². The minimum absolute atomic E-state index is 0.502. The molecule has 0 aliphatic rings. The number of halogens is 2. The van der Waals surface area contributed by atoms with Gasteiger partial charge in [-0.25, -0.2) is 13.6 Å². The topological polar surface area (TPSA) is 66.4 Å². The fourth-order valence-electron chi connectivity index (χ4n) is 0.769. The van der Waals surface area contributed by atoms with E-state index in [1.165, 1.54) is 0 Å². The smallest absolute Gasteiger partial charge is 0.394 e. The Morgan fingerprint density at radius 3 is 2.50 bits per heavy atom. The van der Waals surface area contributed by atoms with Crippen LogP contribution >= 0.6 is 0 Å². The number of benzene rings is 1. The third kappa shape index (κ3) is 2.25. The molecule has 6 heteroatoms. The highest BCUT2D eigenvalue weighted by molar-refractivity contribution is 6.36. The Balaban J connectivity index is 2.91. The largest absolute Gasteiger partial charge is 0.474 e. The van der Waals surface area contributed by atoms with Gasteiger partial charge in [0, 0.05) is 6.07 Å². The monoisotopic (exact) mass is 201 g/mol. The van der Waals surface area contributed by atoms with Gasteiger partial charge in [-0.15, -0.1) is 0 Å². The number of carbonyl (C=O) groups excluding carboxylic acids is 1. The normalized spacial score (nSPS) is 9.57. The summed E-state index contributed by atoms with van der Waals surface area (Å²) in [6, 6.07) is 2.33. The van der Waals surface area contributed by atoms with Crippen LogP contribution < -0.4 is 5.32 Å². The first-order valence-corrected chi connectivity index (χ1v) is 3.50. The second kappa shape index (κ2) is 3.82. The molecule has 0 aliphatic heterocycles.